The highest BCUT2D eigenvalue weighted by atomic mass is 16.6. The lowest BCUT2D eigenvalue weighted by Gasteiger charge is -2.62. The van der Waals surface area contributed by atoms with E-state index in [1.807, 2.05) is 18.2 Å². The molecule has 0 aliphatic heterocycles. The van der Waals surface area contributed by atoms with Gasteiger partial charge in [-0.05, 0) is 68.1 Å². The number of hydrogen-bond donors (Lipinski definition) is 0. The first-order valence-corrected chi connectivity index (χ1v) is 15.1. The number of ether oxygens (including phenoxy) is 3. The molecule has 0 radical (unpaired) electrons. The summed E-state index contributed by atoms with van der Waals surface area (Å²) in [7, 11) is 0. The maximum absolute atomic E-state index is 13.2. The number of Topliss-reactive ketones (excluding diaryl/α,β-unsaturated/α-hetero) is 1. The van der Waals surface area contributed by atoms with E-state index in [2.05, 4.69) is 26.0 Å². The van der Waals surface area contributed by atoms with E-state index in [4.69, 9.17) is 14.2 Å². The summed E-state index contributed by atoms with van der Waals surface area (Å²) in [5.41, 5.74) is 0.197. The van der Waals surface area contributed by atoms with Crippen LogP contribution in [0, 0.1) is 22.7 Å². The summed E-state index contributed by atoms with van der Waals surface area (Å²) < 4.78 is 18.8. The molecule has 0 amide bonds. The van der Waals surface area contributed by atoms with Gasteiger partial charge in [0, 0.05) is 30.6 Å². The predicted molar refractivity (Wildman–Crippen MR) is 153 cm³/mol. The summed E-state index contributed by atoms with van der Waals surface area (Å²) in [5, 5.41) is 0. The van der Waals surface area contributed by atoms with Crippen LogP contribution in [0.3, 0.4) is 0 Å². The molecule has 0 N–H and O–H groups in total. The first-order chi connectivity index (χ1) is 19.5. The second-order valence-corrected chi connectivity index (χ2v) is 12.7. The van der Waals surface area contributed by atoms with E-state index >= 15 is 0 Å². The summed E-state index contributed by atoms with van der Waals surface area (Å²) in [5.74, 6) is -1.05. The van der Waals surface area contributed by atoms with Crippen LogP contribution in [-0.4, -0.2) is 41.5 Å². The lowest BCUT2D eigenvalue weighted by atomic mass is 9.46. The average Bonchev–Trinajstić information content (AvgIpc) is 3.30. The zero-order valence-corrected chi connectivity index (χ0v) is 24.9. The molecule has 0 spiro atoms. The molecule has 5 rings (SSSR count). The van der Waals surface area contributed by atoms with Gasteiger partial charge >= 0.3 is 17.9 Å². The van der Waals surface area contributed by atoms with Crippen LogP contribution in [0.2, 0.25) is 0 Å². The highest BCUT2D eigenvalue weighted by Crippen LogP contribution is 2.68. The SMILES string of the molecule is CCC(=O)OC1C[C@]2(C)[C@@H](C(C)=O)CC[C@H]2C2=CC=C3CC(OC(=O)c4ccccc4)CC[C@]3(C)[C@]21OC(=O)CC. The molecule has 4 aliphatic rings. The Kier molecular flexibility index (Phi) is 7.77. The molecule has 0 aromatic heterocycles. The molecule has 7 heteroatoms. The second kappa shape index (κ2) is 10.9. The molecule has 0 heterocycles. The standard InChI is InChI=1S/C34H42O7/c1-6-29(36)40-28-20-32(4)25(21(3)35)15-16-26(32)27-14-13-23-19-24(39-31(38)22-11-9-8-10-12-22)17-18-33(23,5)34(27,28)41-30(37)7-2/h8-14,24-26,28H,6-7,15-20H2,1-5H3/t24?,25-,26+,28?,32-,33+,34+/m1/s1. The molecule has 3 fully saturated rings. The van der Waals surface area contributed by atoms with Crippen molar-refractivity contribution < 1.29 is 33.4 Å². The van der Waals surface area contributed by atoms with Crippen molar-refractivity contribution in [2.75, 3.05) is 0 Å². The van der Waals surface area contributed by atoms with Crippen molar-refractivity contribution in [1.29, 1.82) is 0 Å². The van der Waals surface area contributed by atoms with Crippen molar-refractivity contribution in [3.63, 3.8) is 0 Å². The van der Waals surface area contributed by atoms with E-state index in [-0.39, 0.29) is 54.5 Å². The van der Waals surface area contributed by atoms with Gasteiger partial charge in [-0.15, -0.1) is 0 Å². The Labute approximate surface area is 242 Å². The van der Waals surface area contributed by atoms with Gasteiger partial charge in [0.25, 0.3) is 0 Å². The zero-order chi connectivity index (χ0) is 29.6. The summed E-state index contributed by atoms with van der Waals surface area (Å²) in [6.45, 7) is 9.42. The Morgan fingerprint density at radius 2 is 1.61 bits per heavy atom. The van der Waals surface area contributed by atoms with E-state index in [9.17, 15) is 19.2 Å². The fraction of sp³-hybridized carbons (Fsp3) is 0.588. The van der Waals surface area contributed by atoms with Crippen molar-refractivity contribution in [2.24, 2.45) is 22.7 Å². The predicted octanol–water partition coefficient (Wildman–Crippen LogP) is 6.31. The summed E-state index contributed by atoms with van der Waals surface area (Å²) in [4.78, 5) is 51.8. The van der Waals surface area contributed by atoms with E-state index in [0.717, 1.165) is 24.0 Å². The minimum absolute atomic E-state index is 0.0147. The molecule has 220 valence electrons. The quantitative estimate of drug-likeness (QED) is 0.284. The normalized spacial score (nSPS) is 35.5. The van der Waals surface area contributed by atoms with Crippen LogP contribution in [0.25, 0.3) is 0 Å². The third-order valence-electron chi connectivity index (χ3n) is 10.5. The van der Waals surface area contributed by atoms with Crippen molar-refractivity contribution in [3.8, 4) is 0 Å². The molecular weight excluding hydrogens is 520 g/mol. The molecule has 3 saturated carbocycles. The van der Waals surface area contributed by atoms with Crippen LogP contribution in [0.1, 0.15) is 96.3 Å². The summed E-state index contributed by atoms with van der Waals surface area (Å²) >= 11 is 0. The Morgan fingerprint density at radius 1 is 0.902 bits per heavy atom. The van der Waals surface area contributed by atoms with Crippen molar-refractivity contribution >= 4 is 23.7 Å². The molecule has 1 aromatic rings. The highest BCUT2D eigenvalue weighted by Gasteiger charge is 2.71. The van der Waals surface area contributed by atoms with Gasteiger partial charge in [-0.2, -0.15) is 0 Å². The monoisotopic (exact) mass is 562 g/mol. The van der Waals surface area contributed by atoms with Crippen molar-refractivity contribution in [2.45, 2.75) is 104 Å². The molecule has 0 saturated heterocycles. The summed E-state index contributed by atoms with van der Waals surface area (Å²) in [6, 6.07) is 8.96. The smallest absolute Gasteiger partial charge is 0.338 e. The number of fused-ring (bicyclic) bond motifs is 5. The maximum Gasteiger partial charge on any atom is 0.338 e. The van der Waals surface area contributed by atoms with Crippen LogP contribution in [0.5, 0.6) is 0 Å². The Bertz CT molecular complexity index is 1300. The van der Waals surface area contributed by atoms with Gasteiger partial charge < -0.3 is 14.2 Å². The zero-order valence-electron chi connectivity index (χ0n) is 24.9. The Balaban J connectivity index is 1.58. The number of carbonyl (C=O) groups is 4. The minimum atomic E-state index is -1.20. The number of esters is 3. The molecule has 1 aromatic carbocycles. The van der Waals surface area contributed by atoms with E-state index < -0.39 is 22.5 Å². The van der Waals surface area contributed by atoms with Gasteiger partial charge in [0.2, 0.25) is 0 Å². The number of benzene rings is 1. The number of ketones is 1. The van der Waals surface area contributed by atoms with Crippen LogP contribution < -0.4 is 0 Å². The van der Waals surface area contributed by atoms with Gasteiger partial charge in [0.05, 0.1) is 5.56 Å². The molecule has 41 heavy (non-hydrogen) atoms. The Morgan fingerprint density at radius 3 is 2.27 bits per heavy atom. The van der Waals surface area contributed by atoms with Crippen LogP contribution in [0.4, 0.5) is 0 Å². The molecule has 2 unspecified atom stereocenters. The average molecular weight is 563 g/mol. The van der Waals surface area contributed by atoms with Gasteiger partial charge in [0.15, 0.2) is 5.60 Å². The first-order valence-electron chi connectivity index (χ1n) is 15.1. The lowest BCUT2D eigenvalue weighted by molar-refractivity contribution is -0.218. The van der Waals surface area contributed by atoms with Gasteiger partial charge in [-0.1, -0.05) is 63.6 Å². The van der Waals surface area contributed by atoms with E-state index in [1.54, 1.807) is 32.9 Å². The number of rotatable bonds is 7. The van der Waals surface area contributed by atoms with Crippen LogP contribution in [0.15, 0.2) is 53.6 Å². The molecule has 4 aliphatic carbocycles. The highest BCUT2D eigenvalue weighted by molar-refractivity contribution is 5.89. The van der Waals surface area contributed by atoms with Crippen molar-refractivity contribution in [3.05, 3.63) is 59.2 Å². The van der Waals surface area contributed by atoms with Crippen LogP contribution >= 0.6 is 0 Å². The van der Waals surface area contributed by atoms with E-state index in [0.29, 0.717) is 31.2 Å². The third kappa shape index (κ3) is 4.65. The summed E-state index contributed by atoms with van der Waals surface area (Å²) in [6.07, 6.45) is 7.14. The molecular formula is C34H42O7. The second-order valence-electron chi connectivity index (χ2n) is 12.7. The van der Waals surface area contributed by atoms with Crippen LogP contribution in [-0.2, 0) is 28.6 Å². The third-order valence-corrected chi connectivity index (χ3v) is 10.5. The number of carbonyl (C=O) groups excluding carboxylic acids is 4. The maximum atomic E-state index is 13.2. The van der Waals surface area contributed by atoms with Crippen molar-refractivity contribution in [1.82, 2.24) is 0 Å². The fourth-order valence-electron chi connectivity index (χ4n) is 8.40. The number of hydrogen-bond acceptors (Lipinski definition) is 7. The largest absolute Gasteiger partial charge is 0.458 e. The topological polar surface area (TPSA) is 96.0 Å². The Hall–Kier alpha value is -3.22. The molecule has 0 bridgehead atoms. The molecule has 7 atom stereocenters. The minimum Gasteiger partial charge on any atom is -0.458 e. The van der Waals surface area contributed by atoms with Gasteiger partial charge in [-0.25, -0.2) is 4.79 Å². The number of allylic oxidation sites excluding steroid dienone is 2. The van der Waals surface area contributed by atoms with E-state index in [1.165, 1.54) is 0 Å². The molecule has 7 nitrogen and oxygen atoms in total. The van der Waals surface area contributed by atoms with Gasteiger partial charge in [-0.3, -0.25) is 14.4 Å². The fourth-order valence-corrected chi connectivity index (χ4v) is 8.40. The van der Waals surface area contributed by atoms with Gasteiger partial charge in [0.1, 0.15) is 18.0 Å². The lowest BCUT2D eigenvalue weighted by Crippen LogP contribution is -2.68. The first kappa shape index (κ1) is 29.3.